The quantitative estimate of drug-likeness (QED) is 0.659. The fourth-order valence-corrected chi connectivity index (χ4v) is 1.84. The van der Waals surface area contributed by atoms with Gasteiger partial charge < -0.3 is 16.0 Å². The van der Waals surface area contributed by atoms with Crippen molar-refractivity contribution in [1.82, 2.24) is 10.2 Å². The molecule has 1 amide bonds. The van der Waals surface area contributed by atoms with Gasteiger partial charge in [0, 0.05) is 20.0 Å². The molecule has 0 bridgehead atoms. The summed E-state index contributed by atoms with van der Waals surface area (Å²) in [6.45, 7) is 6.36. The molecule has 0 saturated carbocycles. The average Bonchev–Trinajstić information content (AvgIpc) is 2.18. The van der Waals surface area contributed by atoms with Crippen molar-refractivity contribution in [2.45, 2.75) is 19.8 Å². The van der Waals surface area contributed by atoms with E-state index in [1.165, 1.54) is 12.8 Å². The fourth-order valence-electron chi connectivity index (χ4n) is 1.84. The number of nitrogens with zero attached hydrogens (tertiary/aromatic N) is 1. The minimum atomic E-state index is 0.0573. The molecule has 0 aromatic heterocycles. The van der Waals surface area contributed by atoms with Gasteiger partial charge in [-0.15, -0.1) is 0 Å². The predicted molar refractivity (Wildman–Crippen MR) is 56.9 cm³/mol. The van der Waals surface area contributed by atoms with E-state index in [2.05, 4.69) is 10.2 Å². The molecule has 0 aliphatic carbocycles. The van der Waals surface area contributed by atoms with Crippen molar-refractivity contribution < 1.29 is 4.79 Å². The van der Waals surface area contributed by atoms with Crippen LogP contribution in [-0.4, -0.2) is 43.5 Å². The third-order valence-electron chi connectivity index (χ3n) is 2.84. The van der Waals surface area contributed by atoms with Crippen molar-refractivity contribution >= 4 is 5.91 Å². The lowest BCUT2D eigenvalue weighted by atomic mass is 9.97. The third-order valence-corrected chi connectivity index (χ3v) is 2.84. The van der Waals surface area contributed by atoms with E-state index >= 15 is 0 Å². The highest BCUT2D eigenvalue weighted by Gasteiger charge is 2.17. The zero-order valence-electron chi connectivity index (χ0n) is 8.96. The van der Waals surface area contributed by atoms with Gasteiger partial charge in [0.25, 0.3) is 0 Å². The number of likely N-dealkylation sites (tertiary alicyclic amines) is 1. The molecule has 0 unspecified atom stereocenters. The highest BCUT2D eigenvalue weighted by atomic mass is 16.1. The van der Waals surface area contributed by atoms with Gasteiger partial charge in [0.1, 0.15) is 0 Å². The van der Waals surface area contributed by atoms with Gasteiger partial charge in [0.05, 0.1) is 0 Å². The summed E-state index contributed by atoms with van der Waals surface area (Å²) in [6.07, 6.45) is 2.41. The van der Waals surface area contributed by atoms with E-state index in [-0.39, 0.29) is 5.91 Å². The molecule has 0 atom stereocenters. The minimum Gasteiger partial charge on any atom is -0.355 e. The molecular formula is C10H21N3O. The van der Waals surface area contributed by atoms with E-state index in [0.717, 1.165) is 32.7 Å². The molecule has 0 spiro atoms. The van der Waals surface area contributed by atoms with Crippen LogP contribution in [0, 0.1) is 5.92 Å². The number of hydrogen-bond donors (Lipinski definition) is 2. The monoisotopic (exact) mass is 199 g/mol. The lowest BCUT2D eigenvalue weighted by Crippen LogP contribution is -2.40. The number of nitrogens with two attached hydrogens (primary N) is 1. The Morgan fingerprint density at radius 1 is 1.50 bits per heavy atom. The van der Waals surface area contributed by atoms with Crippen molar-refractivity contribution in [1.29, 1.82) is 0 Å². The first-order valence-corrected chi connectivity index (χ1v) is 5.39. The summed E-state index contributed by atoms with van der Waals surface area (Å²) in [5.41, 5.74) is 5.61. The molecule has 1 aliphatic rings. The molecule has 0 radical (unpaired) electrons. The van der Waals surface area contributed by atoms with Crippen LogP contribution in [0.25, 0.3) is 0 Å². The van der Waals surface area contributed by atoms with Gasteiger partial charge in [0.2, 0.25) is 5.91 Å². The van der Waals surface area contributed by atoms with Gasteiger partial charge in [-0.2, -0.15) is 0 Å². The number of hydrogen-bond acceptors (Lipinski definition) is 3. The van der Waals surface area contributed by atoms with Crippen molar-refractivity contribution in [3.8, 4) is 0 Å². The summed E-state index contributed by atoms with van der Waals surface area (Å²) in [7, 11) is 0. The molecule has 1 fully saturated rings. The van der Waals surface area contributed by atoms with Crippen LogP contribution in [0.15, 0.2) is 0 Å². The van der Waals surface area contributed by atoms with Crippen LogP contribution in [-0.2, 0) is 4.79 Å². The number of rotatable bonds is 4. The largest absolute Gasteiger partial charge is 0.355 e. The van der Waals surface area contributed by atoms with Gasteiger partial charge in [-0.25, -0.2) is 0 Å². The Morgan fingerprint density at radius 3 is 2.64 bits per heavy atom. The maximum Gasteiger partial charge on any atom is 0.216 e. The van der Waals surface area contributed by atoms with Gasteiger partial charge in [-0.3, -0.25) is 4.79 Å². The van der Waals surface area contributed by atoms with Crippen molar-refractivity contribution in [2.24, 2.45) is 11.7 Å². The Balaban J connectivity index is 2.07. The van der Waals surface area contributed by atoms with Crippen molar-refractivity contribution in [2.75, 3.05) is 32.7 Å². The molecule has 14 heavy (non-hydrogen) atoms. The van der Waals surface area contributed by atoms with Gasteiger partial charge in [0.15, 0.2) is 0 Å². The smallest absolute Gasteiger partial charge is 0.216 e. The Hall–Kier alpha value is -0.610. The Labute approximate surface area is 85.8 Å². The number of carbonyl (C=O) groups excluding carboxylic acids is 1. The second-order valence-electron chi connectivity index (χ2n) is 4.00. The molecule has 3 N–H and O–H groups in total. The minimum absolute atomic E-state index is 0.0573. The van der Waals surface area contributed by atoms with Crippen LogP contribution in [0.3, 0.4) is 0 Å². The number of carbonyl (C=O) groups is 1. The Bertz CT molecular complexity index is 176. The Morgan fingerprint density at radius 2 is 2.14 bits per heavy atom. The first-order chi connectivity index (χ1) is 6.72. The highest BCUT2D eigenvalue weighted by molar-refractivity contribution is 5.72. The lowest BCUT2D eigenvalue weighted by molar-refractivity contribution is -0.119. The van der Waals surface area contributed by atoms with E-state index in [0.29, 0.717) is 5.92 Å². The molecule has 0 aromatic rings. The molecule has 1 saturated heterocycles. The molecule has 1 rings (SSSR count). The normalized spacial score (nSPS) is 19.6. The second-order valence-corrected chi connectivity index (χ2v) is 4.00. The molecule has 0 aromatic carbocycles. The van der Waals surface area contributed by atoms with Crippen LogP contribution in [0.4, 0.5) is 0 Å². The van der Waals surface area contributed by atoms with Crippen LogP contribution in [0.2, 0.25) is 0 Å². The highest BCUT2D eigenvalue weighted by Crippen LogP contribution is 2.14. The zero-order valence-corrected chi connectivity index (χ0v) is 8.96. The predicted octanol–water partition coefficient (Wildman–Crippen LogP) is -0.207. The van der Waals surface area contributed by atoms with Crippen LogP contribution in [0.5, 0.6) is 0 Å². The van der Waals surface area contributed by atoms with Crippen LogP contribution >= 0.6 is 0 Å². The van der Waals surface area contributed by atoms with E-state index in [1.807, 2.05) is 0 Å². The summed E-state index contributed by atoms with van der Waals surface area (Å²) in [5.74, 6) is 0.772. The summed E-state index contributed by atoms with van der Waals surface area (Å²) >= 11 is 0. The maximum atomic E-state index is 10.6. The fraction of sp³-hybridized carbons (Fsp3) is 0.900. The molecule has 4 nitrogen and oxygen atoms in total. The van der Waals surface area contributed by atoms with Gasteiger partial charge >= 0.3 is 0 Å². The number of nitrogens with one attached hydrogen (secondary N) is 1. The third kappa shape index (κ3) is 4.07. The number of amides is 1. The van der Waals surface area contributed by atoms with E-state index in [4.69, 9.17) is 5.73 Å². The molecule has 1 heterocycles. The van der Waals surface area contributed by atoms with Crippen molar-refractivity contribution in [3.05, 3.63) is 0 Å². The SMILES string of the molecule is CC(=O)NCCN1CCC(CN)CC1. The van der Waals surface area contributed by atoms with Gasteiger partial charge in [-0.1, -0.05) is 0 Å². The van der Waals surface area contributed by atoms with Gasteiger partial charge in [-0.05, 0) is 38.4 Å². The number of piperidine rings is 1. The van der Waals surface area contributed by atoms with E-state index in [9.17, 15) is 4.79 Å². The molecule has 4 heteroatoms. The molecule has 82 valence electrons. The van der Waals surface area contributed by atoms with Crippen molar-refractivity contribution in [3.63, 3.8) is 0 Å². The standard InChI is InChI=1S/C10H21N3O/c1-9(14)12-4-7-13-5-2-10(8-11)3-6-13/h10H,2-8,11H2,1H3,(H,12,14). The molecular weight excluding hydrogens is 178 g/mol. The average molecular weight is 199 g/mol. The maximum absolute atomic E-state index is 10.6. The lowest BCUT2D eigenvalue weighted by Gasteiger charge is -2.31. The summed E-state index contributed by atoms with van der Waals surface area (Å²) < 4.78 is 0. The summed E-state index contributed by atoms with van der Waals surface area (Å²) in [4.78, 5) is 13.0. The molecule has 1 aliphatic heterocycles. The summed E-state index contributed by atoms with van der Waals surface area (Å²) in [6, 6.07) is 0. The van der Waals surface area contributed by atoms with Crippen LogP contribution < -0.4 is 11.1 Å². The van der Waals surface area contributed by atoms with E-state index in [1.54, 1.807) is 6.92 Å². The van der Waals surface area contributed by atoms with Crippen LogP contribution in [0.1, 0.15) is 19.8 Å². The Kier molecular flexibility index (Phi) is 4.90. The topological polar surface area (TPSA) is 58.4 Å². The first-order valence-electron chi connectivity index (χ1n) is 5.39. The summed E-state index contributed by atoms with van der Waals surface area (Å²) in [5, 5.41) is 2.81. The van der Waals surface area contributed by atoms with E-state index < -0.39 is 0 Å². The zero-order chi connectivity index (χ0) is 10.4. The first kappa shape index (κ1) is 11.5. The second kappa shape index (κ2) is 5.98.